The lowest BCUT2D eigenvalue weighted by Crippen LogP contribution is -2.49. The first-order valence-electron chi connectivity index (χ1n) is 9.10. The van der Waals surface area contributed by atoms with Crippen LogP contribution in [0.3, 0.4) is 0 Å². The van der Waals surface area contributed by atoms with Crippen LogP contribution in [0.15, 0.2) is 53.3 Å². The van der Waals surface area contributed by atoms with Gasteiger partial charge in [-0.3, -0.25) is 9.69 Å². The Bertz CT molecular complexity index is 1060. The number of benzene rings is 2. The van der Waals surface area contributed by atoms with Gasteiger partial charge in [0.2, 0.25) is 0 Å². The number of carbonyl (C=O) groups is 1. The van der Waals surface area contributed by atoms with Gasteiger partial charge in [-0.1, -0.05) is 18.2 Å². The largest absolute Gasteiger partial charge is 0.322 e. The van der Waals surface area contributed by atoms with Crippen LogP contribution < -0.4 is 10.9 Å². The number of rotatable bonds is 3. The van der Waals surface area contributed by atoms with Gasteiger partial charge in [0, 0.05) is 31.9 Å². The minimum atomic E-state index is -0.389. The average Bonchev–Trinajstić information content (AvgIpc) is 2.68. The second kappa shape index (κ2) is 7.77. The molecule has 1 aromatic heterocycles. The number of hydrogen-bond donors (Lipinski definition) is 2. The molecule has 0 radical (unpaired) electrons. The van der Waals surface area contributed by atoms with E-state index in [0.717, 1.165) is 0 Å². The highest BCUT2D eigenvalue weighted by molar-refractivity contribution is 5.89. The first-order valence-corrected chi connectivity index (χ1v) is 9.10. The Balaban J connectivity index is 1.35. The Labute approximate surface area is 160 Å². The molecule has 2 N–H and O–H groups in total. The molecule has 3 aromatic rings. The summed E-state index contributed by atoms with van der Waals surface area (Å²) in [5, 5.41) is 3.29. The third kappa shape index (κ3) is 4.01. The molecule has 0 unspecified atom stereocenters. The maximum absolute atomic E-state index is 13.2. The number of anilines is 1. The minimum absolute atomic E-state index is 0.145. The number of urea groups is 1. The highest BCUT2D eigenvalue weighted by Crippen LogP contribution is 2.12. The van der Waals surface area contributed by atoms with Crippen LogP contribution in [0, 0.1) is 5.82 Å². The molecule has 2 heterocycles. The van der Waals surface area contributed by atoms with Crippen molar-refractivity contribution >= 4 is 22.6 Å². The lowest BCUT2D eigenvalue weighted by Gasteiger charge is -2.34. The highest BCUT2D eigenvalue weighted by atomic mass is 19.1. The maximum atomic E-state index is 13.2. The van der Waals surface area contributed by atoms with Gasteiger partial charge in [0.1, 0.15) is 11.6 Å². The normalized spacial score (nSPS) is 15.0. The Morgan fingerprint density at radius 2 is 1.89 bits per heavy atom. The molecular weight excluding hydrogens is 361 g/mol. The van der Waals surface area contributed by atoms with E-state index in [9.17, 15) is 14.0 Å². The number of piperazine rings is 1. The topological polar surface area (TPSA) is 81.3 Å². The number of nitrogens with zero attached hydrogens (tertiary/aromatic N) is 3. The van der Waals surface area contributed by atoms with Gasteiger partial charge in [0.15, 0.2) is 0 Å². The summed E-state index contributed by atoms with van der Waals surface area (Å²) in [4.78, 5) is 35.7. The lowest BCUT2D eigenvalue weighted by molar-refractivity contribution is 0.141. The minimum Gasteiger partial charge on any atom is -0.322 e. The van der Waals surface area contributed by atoms with Gasteiger partial charge in [-0.2, -0.15) is 0 Å². The number of halogens is 1. The molecule has 7 nitrogen and oxygen atoms in total. The van der Waals surface area contributed by atoms with E-state index in [0.29, 0.717) is 55.1 Å². The number of aromatic amines is 1. The van der Waals surface area contributed by atoms with Crippen molar-refractivity contribution in [3.8, 4) is 0 Å². The van der Waals surface area contributed by atoms with Crippen molar-refractivity contribution < 1.29 is 9.18 Å². The van der Waals surface area contributed by atoms with Crippen LogP contribution in [0.25, 0.3) is 10.9 Å². The zero-order valence-electron chi connectivity index (χ0n) is 15.2. The van der Waals surface area contributed by atoms with Crippen molar-refractivity contribution in [1.82, 2.24) is 19.8 Å². The quantitative estimate of drug-likeness (QED) is 0.730. The third-order valence-electron chi connectivity index (χ3n) is 4.77. The average molecular weight is 381 g/mol. The molecule has 144 valence electrons. The zero-order chi connectivity index (χ0) is 19.5. The molecule has 1 aliphatic rings. The number of nitrogens with one attached hydrogen (secondary N) is 2. The number of fused-ring (bicyclic) bond motifs is 1. The fraction of sp³-hybridized carbons (Fsp3) is 0.250. The van der Waals surface area contributed by atoms with Gasteiger partial charge in [-0.25, -0.2) is 14.2 Å². The molecule has 8 heteroatoms. The van der Waals surface area contributed by atoms with Gasteiger partial charge >= 0.3 is 6.03 Å². The molecule has 2 amide bonds. The van der Waals surface area contributed by atoms with Crippen LogP contribution in [0.1, 0.15) is 5.82 Å². The molecule has 0 atom stereocenters. The smallest absolute Gasteiger partial charge is 0.321 e. The summed E-state index contributed by atoms with van der Waals surface area (Å²) in [6, 6.07) is 12.8. The Hall–Kier alpha value is -3.26. The molecule has 28 heavy (non-hydrogen) atoms. The van der Waals surface area contributed by atoms with Crippen molar-refractivity contribution in [2.75, 3.05) is 31.5 Å². The summed E-state index contributed by atoms with van der Waals surface area (Å²) in [5.74, 6) is 0.223. The van der Waals surface area contributed by atoms with Crippen LogP contribution in [-0.4, -0.2) is 52.0 Å². The van der Waals surface area contributed by atoms with Crippen LogP contribution in [0.4, 0.5) is 14.9 Å². The molecule has 1 fully saturated rings. The second-order valence-corrected chi connectivity index (χ2v) is 6.73. The Morgan fingerprint density at radius 1 is 1.11 bits per heavy atom. The van der Waals surface area contributed by atoms with Gasteiger partial charge in [-0.05, 0) is 30.3 Å². The van der Waals surface area contributed by atoms with Crippen LogP contribution in [-0.2, 0) is 6.54 Å². The molecule has 0 aliphatic carbocycles. The van der Waals surface area contributed by atoms with E-state index < -0.39 is 0 Å². The molecule has 4 rings (SSSR count). The molecule has 1 saturated heterocycles. The Kier molecular flexibility index (Phi) is 5.03. The third-order valence-corrected chi connectivity index (χ3v) is 4.77. The molecule has 0 spiro atoms. The van der Waals surface area contributed by atoms with E-state index in [4.69, 9.17) is 0 Å². The standard InChI is InChI=1S/C20H20FN5O2/c21-14-4-3-5-15(12-14)22-20(28)26-10-8-25(9-11-26)13-18-23-17-7-2-1-6-16(17)19(27)24-18/h1-7,12H,8-11,13H2,(H,22,28)(H,23,24,27). The van der Waals surface area contributed by atoms with Crippen LogP contribution in [0.5, 0.6) is 0 Å². The SMILES string of the molecule is O=C(Nc1cccc(F)c1)N1CCN(Cc2nc3ccccc3c(=O)[nH]2)CC1. The first-order chi connectivity index (χ1) is 13.6. The van der Waals surface area contributed by atoms with Gasteiger partial charge in [0.05, 0.1) is 17.4 Å². The number of H-pyrrole nitrogens is 1. The summed E-state index contributed by atoms with van der Waals surface area (Å²) in [7, 11) is 0. The zero-order valence-corrected chi connectivity index (χ0v) is 15.2. The fourth-order valence-corrected chi connectivity index (χ4v) is 3.30. The number of amides is 2. The van der Waals surface area contributed by atoms with E-state index in [2.05, 4.69) is 20.2 Å². The molecule has 1 aliphatic heterocycles. The summed E-state index contributed by atoms with van der Waals surface area (Å²) in [5.41, 5.74) is 0.966. The van der Waals surface area contributed by atoms with Crippen LogP contribution >= 0.6 is 0 Å². The van der Waals surface area contributed by atoms with E-state index in [1.54, 1.807) is 23.1 Å². The first kappa shape index (κ1) is 18.1. The number of aromatic nitrogens is 2. The van der Waals surface area contributed by atoms with E-state index >= 15 is 0 Å². The van der Waals surface area contributed by atoms with Crippen molar-refractivity contribution in [1.29, 1.82) is 0 Å². The molecule has 0 saturated carbocycles. The van der Waals surface area contributed by atoms with E-state index in [1.807, 2.05) is 18.2 Å². The molecule has 2 aromatic carbocycles. The molecular formula is C20H20FN5O2. The van der Waals surface area contributed by atoms with Crippen molar-refractivity contribution in [3.05, 3.63) is 70.5 Å². The Morgan fingerprint density at radius 3 is 2.68 bits per heavy atom. The lowest BCUT2D eigenvalue weighted by atomic mass is 10.2. The van der Waals surface area contributed by atoms with Crippen molar-refractivity contribution in [3.63, 3.8) is 0 Å². The highest BCUT2D eigenvalue weighted by Gasteiger charge is 2.22. The van der Waals surface area contributed by atoms with E-state index in [-0.39, 0.29) is 17.4 Å². The van der Waals surface area contributed by atoms with Crippen LogP contribution in [0.2, 0.25) is 0 Å². The van der Waals surface area contributed by atoms with Crippen molar-refractivity contribution in [2.45, 2.75) is 6.54 Å². The van der Waals surface area contributed by atoms with Gasteiger partial charge < -0.3 is 15.2 Å². The summed E-state index contributed by atoms with van der Waals surface area (Å²) < 4.78 is 13.2. The molecule has 0 bridgehead atoms. The summed E-state index contributed by atoms with van der Waals surface area (Å²) >= 11 is 0. The van der Waals surface area contributed by atoms with E-state index in [1.165, 1.54) is 12.1 Å². The number of carbonyl (C=O) groups excluding carboxylic acids is 1. The van der Waals surface area contributed by atoms with Crippen molar-refractivity contribution in [2.24, 2.45) is 0 Å². The number of para-hydroxylation sites is 1. The second-order valence-electron chi connectivity index (χ2n) is 6.73. The van der Waals surface area contributed by atoms with Gasteiger partial charge in [-0.15, -0.1) is 0 Å². The predicted octanol–water partition coefficient (Wildman–Crippen LogP) is 2.41. The number of hydrogen-bond acceptors (Lipinski definition) is 4. The fourth-order valence-electron chi connectivity index (χ4n) is 3.30. The maximum Gasteiger partial charge on any atom is 0.321 e. The summed E-state index contributed by atoms with van der Waals surface area (Å²) in [6.07, 6.45) is 0. The van der Waals surface area contributed by atoms with Gasteiger partial charge in [0.25, 0.3) is 5.56 Å². The predicted molar refractivity (Wildman–Crippen MR) is 105 cm³/mol. The summed E-state index contributed by atoms with van der Waals surface area (Å²) in [6.45, 7) is 2.91. The monoisotopic (exact) mass is 381 g/mol.